The SMILES string of the molecule is CCONC1CCCN(CC)CC1. The van der Waals surface area contributed by atoms with Gasteiger partial charge in [-0.05, 0) is 45.8 Å². The summed E-state index contributed by atoms with van der Waals surface area (Å²) in [7, 11) is 0. The molecule has 0 aromatic heterocycles. The van der Waals surface area contributed by atoms with Crippen molar-refractivity contribution in [2.75, 3.05) is 26.2 Å². The van der Waals surface area contributed by atoms with Gasteiger partial charge in [0.15, 0.2) is 0 Å². The summed E-state index contributed by atoms with van der Waals surface area (Å²) in [5.74, 6) is 0. The fourth-order valence-electron chi connectivity index (χ4n) is 1.79. The van der Waals surface area contributed by atoms with Gasteiger partial charge in [0.25, 0.3) is 0 Å². The first-order valence-electron chi connectivity index (χ1n) is 5.46. The summed E-state index contributed by atoms with van der Waals surface area (Å²) >= 11 is 0. The Bertz CT molecular complexity index is 130. The minimum Gasteiger partial charge on any atom is -0.304 e. The topological polar surface area (TPSA) is 24.5 Å². The number of hydrogen-bond donors (Lipinski definition) is 1. The smallest absolute Gasteiger partial charge is 0.0654 e. The van der Waals surface area contributed by atoms with Crippen LogP contribution in [0.1, 0.15) is 33.1 Å². The highest BCUT2D eigenvalue weighted by Gasteiger charge is 2.15. The van der Waals surface area contributed by atoms with Crippen LogP contribution < -0.4 is 5.48 Å². The molecule has 1 rings (SSSR count). The second-order valence-electron chi connectivity index (χ2n) is 3.61. The molecule has 1 saturated heterocycles. The first-order chi connectivity index (χ1) is 6.36. The van der Waals surface area contributed by atoms with Crippen LogP contribution in [0, 0.1) is 0 Å². The lowest BCUT2D eigenvalue weighted by Crippen LogP contribution is -2.31. The van der Waals surface area contributed by atoms with Crippen LogP contribution in [-0.2, 0) is 4.84 Å². The zero-order valence-electron chi connectivity index (χ0n) is 8.88. The van der Waals surface area contributed by atoms with Gasteiger partial charge in [0.05, 0.1) is 6.61 Å². The molecule has 13 heavy (non-hydrogen) atoms. The van der Waals surface area contributed by atoms with Crippen molar-refractivity contribution in [3.63, 3.8) is 0 Å². The van der Waals surface area contributed by atoms with E-state index >= 15 is 0 Å². The van der Waals surface area contributed by atoms with Gasteiger partial charge in [0, 0.05) is 6.04 Å². The quantitative estimate of drug-likeness (QED) is 0.672. The Hall–Kier alpha value is -0.120. The summed E-state index contributed by atoms with van der Waals surface area (Å²) in [4.78, 5) is 7.74. The molecule has 1 aliphatic rings. The molecule has 3 heteroatoms. The lowest BCUT2D eigenvalue weighted by Gasteiger charge is -2.17. The third-order valence-electron chi connectivity index (χ3n) is 2.66. The first kappa shape index (κ1) is 11.0. The van der Waals surface area contributed by atoms with Gasteiger partial charge in [-0.3, -0.25) is 0 Å². The summed E-state index contributed by atoms with van der Waals surface area (Å²) in [5, 5.41) is 0. The van der Waals surface area contributed by atoms with Crippen molar-refractivity contribution in [2.45, 2.75) is 39.2 Å². The molecule has 1 N–H and O–H groups in total. The lowest BCUT2D eigenvalue weighted by atomic mass is 10.1. The van der Waals surface area contributed by atoms with E-state index in [1.54, 1.807) is 0 Å². The monoisotopic (exact) mass is 186 g/mol. The van der Waals surface area contributed by atoms with Crippen molar-refractivity contribution in [2.24, 2.45) is 0 Å². The van der Waals surface area contributed by atoms with E-state index in [-0.39, 0.29) is 0 Å². The van der Waals surface area contributed by atoms with E-state index in [2.05, 4.69) is 17.3 Å². The maximum absolute atomic E-state index is 5.23. The average molecular weight is 186 g/mol. The Morgan fingerprint density at radius 3 is 2.85 bits per heavy atom. The van der Waals surface area contributed by atoms with Crippen LogP contribution in [0.4, 0.5) is 0 Å². The fourth-order valence-corrected chi connectivity index (χ4v) is 1.79. The van der Waals surface area contributed by atoms with E-state index in [0.717, 1.165) is 6.61 Å². The maximum Gasteiger partial charge on any atom is 0.0654 e. The van der Waals surface area contributed by atoms with E-state index in [9.17, 15) is 0 Å². The lowest BCUT2D eigenvalue weighted by molar-refractivity contribution is 0.0210. The second kappa shape index (κ2) is 6.35. The third kappa shape index (κ3) is 4.07. The van der Waals surface area contributed by atoms with Gasteiger partial charge in [-0.25, -0.2) is 0 Å². The minimum absolute atomic E-state index is 0.566. The van der Waals surface area contributed by atoms with Gasteiger partial charge in [-0.2, -0.15) is 5.48 Å². The normalized spacial score (nSPS) is 25.8. The molecule has 0 radical (unpaired) electrons. The van der Waals surface area contributed by atoms with Crippen LogP contribution in [0.3, 0.4) is 0 Å². The zero-order chi connectivity index (χ0) is 9.52. The second-order valence-corrected chi connectivity index (χ2v) is 3.61. The molecule has 78 valence electrons. The summed E-state index contributed by atoms with van der Waals surface area (Å²) < 4.78 is 0. The van der Waals surface area contributed by atoms with Gasteiger partial charge < -0.3 is 9.74 Å². The van der Waals surface area contributed by atoms with E-state index in [1.807, 2.05) is 6.92 Å². The van der Waals surface area contributed by atoms with Crippen molar-refractivity contribution >= 4 is 0 Å². The minimum atomic E-state index is 0.566. The van der Waals surface area contributed by atoms with Crippen molar-refractivity contribution in [1.29, 1.82) is 0 Å². The summed E-state index contributed by atoms with van der Waals surface area (Å²) in [6.45, 7) is 8.65. The molecule has 1 fully saturated rings. The molecule has 3 nitrogen and oxygen atoms in total. The Kier molecular flexibility index (Phi) is 5.35. The molecule has 0 amide bonds. The Morgan fingerprint density at radius 2 is 2.15 bits per heavy atom. The Morgan fingerprint density at radius 1 is 1.31 bits per heavy atom. The van der Waals surface area contributed by atoms with Crippen molar-refractivity contribution < 1.29 is 4.84 Å². The van der Waals surface area contributed by atoms with Crippen molar-refractivity contribution in [3.8, 4) is 0 Å². The number of nitrogens with one attached hydrogen (secondary N) is 1. The number of hydrogen-bond acceptors (Lipinski definition) is 3. The largest absolute Gasteiger partial charge is 0.304 e. The maximum atomic E-state index is 5.23. The number of hydroxylamine groups is 1. The Balaban J connectivity index is 2.19. The molecule has 0 spiro atoms. The number of nitrogens with zero attached hydrogens (tertiary/aromatic N) is 1. The van der Waals surface area contributed by atoms with Crippen LogP contribution >= 0.6 is 0 Å². The highest BCUT2D eigenvalue weighted by molar-refractivity contribution is 4.71. The van der Waals surface area contributed by atoms with E-state index in [0.29, 0.717) is 6.04 Å². The van der Waals surface area contributed by atoms with Gasteiger partial charge >= 0.3 is 0 Å². The van der Waals surface area contributed by atoms with Crippen LogP contribution in [0.5, 0.6) is 0 Å². The molecular weight excluding hydrogens is 164 g/mol. The van der Waals surface area contributed by atoms with Crippen LogP contribution in [-0.4, -0.2) is 37.2 Å². The fraction of sp³-hybridized carbons (Fsp3) is 1.00. The molecule has 1 aliphatic heterocycles. The third-order valence-corrected chi connectivity index (χ3v) is 2.66. The van der Waals surface area contributed by atoms with Crippen LogP contribution in [0.15, 0.2) is 0 Å². The van der Waals surface area contributed by atoms with Gasteiger partial charge in [0.1, 0.15) is 0 Å². The molecule has 0 aliphatic carbocycles. The van der Waals surface area contributed by atoms with Gasteiger partial charge in [0.2, 0.25) is 0 Å². The first-order valence-corrected chi connectivity index (χ1v) is 5.46. The zero-order valence-corrected chi connectivity index (χ0v) is 8.88. The summed E-state index contributed by atoms with van der Waals surface area (Å²) in [6.07, 6.45) is 3.75. The van der Waals surface area contributed by atoms with Crippen molar-refractivity contribution in [3.05, 3.63) is 0 Å². The molecule has 0 bridgehead atoms. The standard InChI is InChI=1S/C10H22N2O/c1-3-12-8-5-6-10(7-9-12)11-13-4-2/h10-11H,3-9H2,1-2H3. The van der Waals surface area contributed by atoms with E-state index < -0.39 is 0 Å². The predicted octanol–water partition coefficient (Wildman–Crippen LogP) is 1.40. The molecule has 1 atom stereocenters. The average Bonchev–Trinajstić information content (AvgIpc) is 2.39. The molecule has 1 heterocycles. The van der Waals surface area contributed by atoms with E-state index in [1.165, 1.54) is 38.9 Å². The van der Waals surface area contributed by atoms with Crippen molar-refractivity contribution in [1.82, 2.24) is 10.4 Å². The Labute approximate surface area is 81.4 Å². The van der Waals surface area contributed by atoms with Crippen LogP contribution in [0.2, 0.25) is 0 Å². The molecule has 0 aromatic carbocycles. The molecule has 0 saturated carbocycles. The highest BCUT2D eigenvalue weighted by atomic mass is 16.6. The predicted molar refractivity (Wildman–Crippen MR) is 54.5 cm³/mol. The molecule has 0 aromatic rings. The summed E-state index contributed by atoms with van der Waals surface area (Å²) in [5.41, 5.74) is 3.13. The summed E-state index contributed by atoms with van der Waals surface area (Å²) in [6, 6.07) is 0.566. The van der Waals surface area contributed by atoms with Crippen LogP contribution in [0.25, 0.3) is 0 Å². The van der Waals surface area contributed by atoms with E-state index in [4.69, 9.17) is 4.84 Å². The van der Waals surface area contributed by atoms with Gasteiger partial charge in [-0.15, -0.1) is 0 Å². The number of likely N-dealkylation sites (tertiary alicyclic amines) is 1. The molecule has 1 unspecified atom stereocenters. The highest BCUT2D eigenvalue weighted by Crippen LogP contribution is 2.10. The number of rotatable bonds is 4. The van der Waals surface area contributed by atoms with Gasteiger partial charge in [-0.1, -0.05) is 6.92 Å². The molecular formula is C10H22N2O.